The lowest BCUT2D eigenvalue weighted by molar-refractivity contribution is -0.153. The monoisotopic (exact) mass is 202 g/mol. The van der Waals surface area contributed by atoms with E-state index in [1.54, 1.807) is 0 Å². The Balaban J connectivity index is 4.16. The van der Waals surface area contributed by atoms with Gasteiger partial charge in [0.05, 0.1) is 12.4 Å². The van der Waals surface area contributed by atoms with Crippen molar-refractivity contribution in [2.75, 3.05) is 19.5 Å². The molecule has 0 aromatic carbocycles. The highest BCUT2D eigenvalue weighted by atomic mass is 32.2. The Kier molecular flexibility index (Phi) is 4.25. The van der Waals surface area contributed by atoms with E-state index < -0.39 is 27.8 Å². The molecule has 0 heterocycles. The van der Waals surface area contributed by atoms with Crippen LogP contribution >= 0.6 is 0 Å². The quantitative estimate of drug-likeness (QED) is 0.684. The van der Waals surface area contributed by atoms with Crippen molar-refractivity contribution in [2.45, 2.75) is 5.25 Å². The number of carboxylic acid groups (broad SMARTS) is 1. The van der Waals surface area contributed by atoms with Crippen LogP contribution in [0.25, 0.3) is 0 Å². The average molecular weight is 202 g/mol. The number of rotatable bonds is 5. The molecule has 1 atom stereocenters. The molecular formula is C5H8F2O4S. The fourth-order valence-electron chi connectivity index (χ4n) is 0.385. The molecule has 0 radical (unpaired) electrons. The van der Waals surface area contributed by atoms with E-state index in [2.05, 4.69) is 4.74 Å². The molecule has 0 aliphatic heterocycles. The van der Waals surface area contributed by atoms with Crippen LogP contribution in [0.1, 0.15) is 0 Å². The summed E-state index contributed by atoms with van der Waals surface area (Å²) in [6.07, 6.45) is 0. The zero-order chi connectivity index (χ0) is 9.78. The maximum atomic E-state index is 12.3. The highest BCUT2D eigenvalue weighted by Gasteiger charge is 2.45. The third-order valence-electron chi connectivity index (χ3n) is 1.01. The van der Waals surface area contributed by atoms with Crippen LogP contribution in [0.4, 0.5) is 8.78 Å². The molecule has 0 fully saturated rings. The zero-order valence-corrected chi connectivity index (χ0v) is 7.07. The van der Waals surface area contributed by atoms with Crippen molar-refractivity contribution < 1.29 is 27.6 Å². The zero-order valence-electron chi connectivity index (χ0n) is 6.25. The van der Waals surface area contributed by atoms with Gasteiger partial charge in [-0.05, 0) is 0 Å². The average Bonchev–Trinajstić information content (AvgIpc) is 1.99. The van der Waals surface area contributed by atoms with Crippen LogP contribution in [-0.4, -0.2) is 40.0 Å². The summed E-state index contributed by atoms with van der Waals surface area (Å²) in [6.45, 7) is -0.157. The molecule has 0 aromatic heterocycles. The Morgan fingerprint density at radius 3 is 2.50 bits per heavy atom. The highest BCUT2D eigenvalue weighted by Crippen LogP contribution is 2.18. The van der Waals surface area contributed by atoms with Crippen molar-refractivity contribution in [3.63, 3.8) is 0 Å². The minimum atomic E-state index is -4.18. The summed E-state index contributed by atoms with van der Waals surface area (Å²) in [5.41, 5.74) is 0. The molecule has 4 nitrogen and oxygen atoms in total. The lowest BCUT2D eigenvalue weighted by atomic mass is 10.7. The van der Waals surface area contributed by atoms with Crippen LogP contribution < -0.4 is 0 Å². The second-order valence-electron chi connectivity index (χ2n) is 1.86. The summed E-state index contributed by atoms with van der Waals surface area (Å²) >= 11 is 0. The standard InChI is InChI=1S/C5H8F2O4S/c1-11-2-3-12(10)5(6,7)4(8)9/h2-3H2,1H3,(H,8,9). The summed E-state index contributed by atoms with van der Waals surface area (Å²) < 4.78 is 39.5. The minimum absolute atomic E-state index is 0.157. The van der Waals surface area contributed by atoms with E-state index >= 15 is 0 Å². The second kappa shape index (κ2) is 4.46. The first kappa shape index (κ1) is 11.4. The number of carboxylic acids is 1. The van der Waals surface area contributed by atoms with Crippen LogP contribution in [0.3, 0.4) is 0 Å². The predicted molar refractivity (Wildman–Crippen MR) is 37.5 cm³/mol. The molecule has 7 heteroatoms. The molecule has 0 aliphatic carbocycles. The number of hydrogen-bond donors (Lipinski definition) is 1. The smallest absolute Gasteiger partial charge is 0.415 e. The Morgan fingerprint density at radius 2 is 2.17 bits per heavy atom. The second-order valence-corrected chi connectivity index (χ2v) is 3.48. The van der Waals surface area contributed by atoms with Crippen molar-refractivity contribution in [2.24, 2.45) is 0 Å². The summed E-state index contributed by atoms with van der Waals surface area (Å²) in [5, 5.41) is 3.75. The number of ether oxygens (including phenoxy) is 1. The van der Waals surface area contributed by atoms with E-state index in [0.29, 0.717) is 0 Å². The molecule has 1 unspecified atom stereocenters. The first-order valence-electron chi connectivity index (χ1n) is 2.91. The van der Waals surface area contributed by atoms with Gasteiger partial charge in [0.2, 0.25) is 0 Å². The predicted octanol–water partition coefficient (Wildman–Crippen LogP) is 0.0589. The van der Waals surface area contributed by atoms with E-state index in [0.717, 1.165) is 0 Å². The van der Waals surface area contributed by atoms with Crippen LogP contribution in [0.2, 0.25) is 0 Å². The van der Waals surface area contributed by atoms with Crippen molar-refractivity contribution in [3.8, 4) is 0 Å². The Hall–Kier alpha value is -0.560. The van der Waals surface area contributed by atoms with E-state index in [-0.39, 0.29) is 6.61 Å². The summed E-state index contributed by atoms with van der Waals surface area (Å²) in [6, 6.07) is 0. The van der Waals surface area contributed by atoms with E-state index in [4.69, 9.17) is 5.11 Å². The van der Waals surface area contributed by atoms with Crippen LogP contribution in [0, 0.1) is 0 Å². The highest BCUT2D eigenvalue weighted by molar-refractivity contribution is 7.86. The van der Waals surface area contributed by atoms with Gasteiger partial charge in [0.1, 0.15) is 10.8 Å². The topological polar surface area (TPSA) is 63.6 Å². The van der Waals surface area contributed by atoms with Gasteiger partial charge in [-0.1, -0.05) is 0 Å². The van der Waals surface area contributed by atoms with Crippen LogP contribution in [0.5, 0.6) is 0 Å². The van der Waals surface area contributed by atoms with E-state index in [9.17, 15) is 17.8 Å². The van der Waals surface area contributed by atoms with Gasteiger partial charge in [-0.15, -0.1) is 0 Å². The lowest BCUT2D eigenvalue weighted by Gasteiger charge is -2.09. The Morgan fingerprint density at radius 1 is 1.67 bits per heavy atom. The third kappa shape index (κ3) is 2.82. The number of hydrogen-bond acceptors (Lipinski definition) is 3. The van der Waals surface area contributed by atoms with E-state index in [1.807, 2.05) is 0 Å². The number of methoxy groups -OCH3 is 1. The molecular weight excluding hydrogens is 194 g/mol. The summed E-state index contributed by atoms with van der Waals surface area (Å²) in [4.78, 5) is 9.84. The fourth-order valence-corrected chi connectivity index (χ4v) is 1.15. The molecule has 0 saturated heterocycles. The molecule has 0 rings (SSSR count). The molecule has 0 amide bonds. The fraction of sp³-hybridized carbons (Fsp3) is 0.800. The van der Waals surface area contributed by atoms with Crippen molar-refractivity contribution in [3.05, 3.63) is 0 Å². The minimum Gasteiger partial charge on any atom is -0.476 e. The molecule has 1 N–H and O–H groups in total. The van der Waals surface area contributed by atoms with Crippen molar-refractivity contribution in [1.82, 2.24) is 0 Å². The Bertz CT molecular complexity index is 194. The Labute approximate surface area is 70.0 Å². The molecule has 0 aromatic rings. The van der Waals surface area contributed by atoms with Gasteiger partial charge in [0.25, 0.3) is 0 Å². The SMILES string of the molecule is COCCS(=O)C(F)(F)C(=O)O. The largest absolute Gasteiger partial charge is 0.476 e. The third-order valence-corrected chi connectivity index (χ3v) is 2.29. The van der Waals surface area contributed by atoms with E-state index in [1.165, 1.54) is 7.11 Å². The maximum absolute atomic E-state index is 12.3. The summed E-state index contributed by atoms with van der Waals surface area (Å²) in [5.74, 6) is -2.87. The molecule has 0 spiro atoms. The molecule has 12 heavy (non-hydrogen) atoms. The van der Waals surface area contributed by atoms with Crippen molar-refractivity contribution in [1.29, 1.82) is 0 Å². The number of alkyl halides is 2. The molecule has 0 saturated carbocycles. The summed E-state index contributed by atoms with van der Waals surface area (Å²) in [7, 11) is -1.47. The number of carbonyl (C=O) groups is 1. The van der Waals surface area contributed by atoms with Gasteiger partial charge in [-0.2, -0.15) is 8.78 Å². The first-order valence-corrected chi connectivity index (χ1v) is 4.23. The molecule has 0 aliphatic rings. The lowest BCUT2D eigenvalue weighted by Crippen LogP contribution is -2.35. The van der Waals surface area contributed by atoms with Gasteiger partial charge in [-0.25, -0.2) is 4.79 Å². The van der Waals surface area contributed by atoms with Gasteiger partial charge >= 0.3 is 11.2 Å². The van der Waals surface area contributed by atoms with Gasteiger partial charge in [-0.3, -0.25) is 4.21 Å². The number of aliphatic carboxylic acids is 1. The molecule has 72 valence electrons. The van der Waals surface area contributed by atoms with Gasteiger partial charge < -0.3 is 9.84 Å². The number of halogens is 2. The normalized spacial score (nSPS) is 14.2. The van der Waals surface area contributed by atoms with Crippen molar-refractivity contribution >= 4 is 16.8 Å². The maximum Gasteiger partial charge on any atom is 0.415 e. The van der Waals surface area contributed by atoms with Crippen LogP contribution in [-0.2, 0) is 20.3 Å². The van der Waals surface area contributed by atoms with Crippen LogP contribution in [0.15, 0.2) is 0 Å². The van der Waals surface area contributed by atoms with Gasteiger partial charge in [0, 0.05) is 7.11 Å². The molecule has 0 bridgehead atoms. The first-order chi connectivity index (χ1) is 5.42. The van der Waals surface area contributed by atoms with Gasteiger partial charge in [0.15, 0.2) is 0 Å².